The first-order valence-corrected chi connectivity index (χ1v) is 8.63. The molecule has 0 aromatic heterocycles. The summed E-state index contributed by atoms with van der Waals surface area (Å²) in [4.78, 5) is 17.6. The van der Waals surface area contributed by atoms with Gasteiger partial charge in [0, 0.05) is 19.1 Å². The van der Waals surface area contributed by atoms with Gasteiger partial charge in [-0.3, -0.25) is 4.79 Å². The number of carbonyl (C=O) groups is 1. The van der Waals surface area contributed by atoms with Crippen LogP contribution in [0.2, 0.25) is 0 Å². The van der Waals surface area contributed by atoms with E-state index in [1.54, 1.807) is 26.4 Å². The summed E-state index contributed by atoms with van der Waals surface area (Å²) in [6, 6.07) is 14.2. The summed E-state index contributed by atoms with van der Waals surface area (Å²) < 4.78 is 10.8. The molecule has 1 heterocycles. The third kappa shape index (κ3) is 2.69. The van der Waals surface area contributed by atoms with Crippen molar-refractivity contribution in [3.8, 4) is 11.5 Å². The lowest BCUT2D eigenvalue weighted by Crippen LogP contribution is -2.45. The van der Waals surface area contributed by atoms with Gasteiger partial charge in [-0.2, -0.15) is 0 Å². The molecule has 4 rings (SSSR count). The van der Waals surface area contributed by atoms with Gasteiger partial charge in [0.1, 0.15) is 17.1 Å². The average Bonchev–Trinajstić information content (AvgIpc) is 3.51. The Morgan fingerprint density at radius 3 is 2.16 bits per heavy atom. The normalized spacial score (nSPS) is 16.4. The highest BCUT2D eigenvalue weighted by molar-refractivity contribution is 6.11. The van der Waals surface area contributed by atoms with Crippen LogP contribution in [0.3, 0.4) is 0 Å². The van der Waals surface area contributed by atoms with Crippen molar-refractivity contribution >= 4 is 17.3 Å². The molecule has 5 nitrogen and oxygen atoms in total. The summed E-state index contributed by atoms with van der Waals surface area (Å²) in [5.74, 6) is 0.982. The topological polar surface area (TPSA) is 42.0 Å². The Morgan fingerprint density at radius 2 is 1.56 bits per heavy atom. The van der Waals surface area contributed by atoms with Gasteiger partial charge in [-0.05, 0) is 37.1 Å². The molecule has 5 heteroatoms. The second kappa shape index (κ2) is 6.31. The van der Waals surface area contributed by atoms with Crippen molar-refractivity contribution in [1.29, 1.82) is 0 Å². The van der Waals surface area contributed by atoms with Crippen molar-refractivity contribution in [1.82, 2.24) is 0 Å². The van der Waals surface area contributed by atoms with Crippen molar-refractivity contribution < 1.29 is 14.3 Å². The third-order valence-electron chi connectivity index (χ3n) is 4.92. The van der Waals surface area contributed by atoms with Crippen molar-refractivity contribution in [2.24, 2.45) is 0 Å². The van der Waals surface area contributed by atoms with E-state index in [9.17, 15) is 4.79 Å². The molecule has 130 valence electrons. The predicted molar refractivity (Wildman–Crippen MR) is 98.0 cm³/mol. The van der Waals surface area contributed by atoms with Crippen LogP contribution in [0.25, 0.3) is 0 Å². The summed E-state index contributed by atoms with van der Waals surface area (Å²) >= 11 is 0. The average molecular weight is 338 g/mol. The minimum Gasteiger partial charge on any atom is -0.496 e. The fourth-order valence-electron chi connectivity index (χ4n) is 3.56. The molecule has 2 aliphatic rings. The summed E-state index contributed by atoms with van der Waals surface area (Å²) in [5, 5.41) is 0. The number of amides is 1. The third-order valence-corrected chi connectivity index (χ3v) is 4.92. The zero-order valence-electron chi connectivity index (χ0n) is 14.6. The number of anilines is 2. The van der Waals surface area contributed by atoms with Gasteiger partial charge in [-0.25, -0.2) is 0 Å². The van der Waals surface area contributed by atoms with Crippen LogP contribution < -0.4 is 19.3 Å². The molecule has 1 amide bonds. The van der Waals surface area contributed by atoms with Crippen molar-refractivity contribution in [3.05, 3.63) is 48.0 Å². The van der Waals surface area contributed by atoms with Gasteiger partial charge in [-0.15, -0.1) is 0 Å². The Morgan fingerprint density at radius 1 is 0.920 bits per heavy atom. The number of rotatable bonds is 4. The molecule has 0 spiro atoms. The summed E-state index contributed by atoms with van der Waals surface area (Å²) in [6.07, 6.45) is 2.48. The molecule has 0 radical (unpaired) electrons. The Kier molecular flexibility index (Phi) is 3.99. The first-order chi connectivity index (χ1) is 12.2. The van der Waals surface area contributed by atoms with E-state index in [0.29, 0.717) is 29.6 Å². The van der Waals surface area contributed by atoms with E-state index in [2.05, 4.69) is 11.0 Å². The van der Waals surface area contributed by atoms with E-state index in [-0.39, 0.29) is 5.91 Å². The van der Waals surface area contributed by atoms with Gasteiger partial charge in [0.2, 0.25) is 0 Å². The Balaban J connectivity index is 1.75. The van der Waals surface area contributed by atoms with Crippen molar-refractivity contribution in [3.63, 3.8) is 0 Å². The molecule has 2 aromatic rings. The van der Waals surface area contributed by atoms with Crippen LogP contribution in [-0.2, 0) is 0 Å². The van der Waals surface area contributed by atoms with Gasteiger partial charge in [0.05, 0.1) is 25.6 Å². The van der Waals surface area contributed by atoms with E-state index in [1.165, 1.54) is 12.8 Å². The molecule has 0 atom stereocenters. The molecule has 1 aliphatic carbocycles. The van der Waals surface area contributed by atoms with E-state index >= 15 is 0 Å². The van der Waals surface area contributed by atoms with Crippen LogP contribution in [0.1, 0.15) is 23.2 Å². The molecular formula is C20H22N2O3. The van der Waals surface area contributed by atoms with E-state index in [4.69, 9.17) is 9.47 Å². The monoisotopic (exact) mass is 338 g/mol. The zero-order valence-corrected chi connectivity index (χ0v) is 14.6. The number of ether oxygens (including phenoxy) is 2. The van der Waals surface area contributed by atoms with E-state index < -0.39 is 0 Å². The quantitative estimate of drug-likeness (QED) is 0.857. The van der Waals surface area contributed by atoms with E-state index in [1.807, 2.05) is 29.2 Å². The maximum absolute atomic E-state index is 13.4. The number of fused-ring (bicyclic) bond motifs is 1. The van der Waals surface area contributed by atoms with Gasteiger partial charge in [0.25, 0.3) is 5.91 Å². The molecule has 1 aliphatic heterocycles. The Bertz CT molecular complexity index is 779. The van der Waals surface area contributed by atoms with Crippen molar-refractivity contribution in [2.75, 3.05) is 37.1 Å². The van der Waals surface area contributed by atoms with Gasteiger partial charge >= 0.3 is 0 Å². The Labute approximate surface area is 147 Å². The number of hydrogen-bond donors (Lipinski definition) is 0. The predicted octanol–water partition coefficient (Wildman–Crippen LogP) is 3.33. The summed E-state index contributed by atoms with van der Waals surface area (Å²) in [5.41, 5.74) is 2.57. The number of nitrogens with zero attached hydrogens (tertiary/aromatic N) is 2. The van der Waals surface area contributed by atoms with E-state index in [0.717, 1.165) is 17.9 Å². The summed E-state index contributed by atoms with van der Waals surface area (Å²) in [7, 11) is 3.15. The largest absolute Gasteiger partial charge is 0.496 e. The molecule has 0 bridgehead atoms. The smallest absolute Gasteiger partial charge is 0.265 e. The van der Waals surface area contributed by atoms with Crippen molar-refractivity contribution in [2.45, 2.75) is 18.9 Å². The number of benzene rings is 2. The fraction of sp³-hybridized carbons (Fsp3) is 0.350. The maximum atomic E-state index is 13.4. The minimum absolute atomic E-state index is 0.0859. The SMILES string of the molecule is COc1cccc(OC)c1C(=O)N1CCN(C2CC2)c2ccccc21. The molecule has 1 saturated carbocycles. The first-order valence-electron chi connectivity index (χ1n) is 8.63. The van der Waals surface area contributed by atoms with Gasteiger partial charge in [-0.1, -0.05) is 18.2 Å². The molecule has 1 fully saturated rings. The number of carbonyl (C=O) groups excluding carboxylic acids is 1. The van der Waals surface area contributed by atoms with Crippen LogP contribution in [0.5, 0.6) is 11.5 Å². The lowest BCUT2D eigenvalue weighted by atomic mass is 10.1. The van der Waals surface area contributed by atoms with Crippen LogP contribution in [0, 0.1) is 0 Å². The molecule has 2 aromatic carbocycles. The minimum atomic E-state index is -0.0859. The number of para-hydroxylation sites is 2. The second-order valence-corrected chi connectivity index (χ2v) is 6.41. The lowest BCUT2D eigenvalue weighted by Gasteiger charge is -2.38. The van der Waals surface area contributed by atoms with Gasteiger partial charge < -0.3 is 19.3 Å². The van der Waals surface area contributed by atoms with Crippen LogP contribution in [0.15, 0.2) is 42.5 Å². The number of hydrogen-bond acceptors (Lipinski definition) is 4. The highest BCUT2D eigenvalue weighted by atomic mass is 16.5. The zero-order chi connectivity index (χ0) is 17.4. The molecule has 25 heavy (non-hydrogen) atoms. The number of methoxy groups -OCH3 is 2. The molecule has 0 N–H and O–H groups in total. The Hall–Kier alpha value is -2.69. The second-order valence-electron chi connectivity index (χ2n) is 6.41. The van der Waals surface area contributed by atoms with Crippen LogP contribution in [-0.4, -0.2) is 39.3 Å². The fourth-order valence-corrected chi connectivity index (χ4v) is 3.56. The highest BCUT2D eigenvalue weighted by Gasteiger charge is 2.36. The lowest BCUT2D eigenvalue weighted by molar-refractivity contribution is 0.0980. The highest BCUT2D eigenvalue weighted by Crippen LogP contribution is 2.41. The molecule has 0 unspecified atom stereocenters. The van der Waals surface area contributed by atoms with Crippen LogP contribution >= 0.6 is 0 Å². The molecule has 0 saturated heterocycles. The maximum Gasteiger partial charge on any atom is 0.265 e. The molecular weight excluding hydrogens is 316 g/mol. The van der Waals surface area contributed by atoms with Crippen LogP contribution in [0.4, 0.5) is 11.4 Å². The summed E-state index contributed by atoms with van der Waals surface area (Å²) in [6.45, 7) is 1.51. The first kappa shape index (κ1) is 15.8. The van der Waals surface area contributed by atoms with Gasteiger partial charge in [0.15, 0.2) is 0 Å². The standard InChI is InChI=1S/C20H22N2O3/c1-24-17-8-5-9-18(25-2)19(17)20(23)22-13-12-21(14-10-11-14)15-6-3-4-7-16(15)22/h3-9,14H,10-13H2,1-2H3.